The second-order valence-corrected chi connectivity index (χ2v) is 4.61. The molecule has 1 aromatic heterocycles. The Kier molecular flexibility index (Phi) is 4.89. The quantitative estimate of drug-likeness (QED) is 0.623. The van der Waals surface area contributed by atoms with Crippen molar-refractivity contribution in [3.63, 3.8) is 0 Å². The topological polar surface area (TPSA) is 82.2 Å². The van der Waals surface area contributed by atoms with Crippen LogP contribution >= 0.6 is 0 Å². The molecule has 0 saturated carbocycles. The van der Waals surface area contributed by atoms with E-state index in [-0.39, 0.29) is 18.0 Å². The Labute approximate surface area is 122 Å². The summed E-state index contributed by atoms with van der Waals surface area (Å²) in [5.74, 6) is 0.255. The molecule has 21 heavy (non-hydrogen) atoms. The average molecular weight is 290 g/mol. The number of nitrogens with zero attached hydrogens (tertiary/aromatic N) is 3. The minimum atomic E-state index is -0.427. The van der Waals surface area contributed by atoms with Gasteiger partial charge >= 0.3 is 5.69 Å². The smallest absolute Gasteiger partial charge is 0.311 e. The van der Waals surface area contributed by atoms with Gasteiger partial charge < -0.3 is 10.1 Å². The van der Waals surface area contributed by atoms with E-state index < -0.39 is 4.92 Å². The lowest BCUT2D eigenvalue weighted by Gasteiger charge is -2.07. The second kappa shape index (κ2) is 6.85. The maximum absolute atomic E-state index is 11.1. The van der Waals surface area contributed by atoms with Crippen molar-refractivity contribution in [1.29, 1.82) is 0 Å². The SMILES string of the molecule is CCNCc1ccc(OCc2ccn(C)n2)c([N+](=O)[O-])c1. The van der Waals surface area contributed by atoms with E-state index in [9.17, 15) is 10.1 Å². The van der Waals surface area contributed by atoms with Crippen molar-refractivity contribution in [1.82, 2.24) is 15.1 Å². The molecule has 7 heteroatoms. The maximum Gasteiger partial charge on any atom is 0.311 e. The molecule has 0 bridgehead atoms. The first kappa shape index (κ1) is 15.0. The highest BCUT2D eigenvalue weighted by atomic mass is 16.6. The highest BCUT2D eigenvalue weighted by molar-refractivity contribution is 5.48. The molecule has 0 aliphatic rings. The third kappa shape index (κ3) is 4.03. The van der Waals surface area contributed by atoms with E-state index in [1.807, 2.05) is 26.1 Å². The van der Waals surface area contributed by atoms with E-state index in [4.69, 9.17) is 4.74 Å². The lowest BCUT2D eigenvalue weighted by Crippen LogP contribution is -2.12. The minimum absolute atomic E-state index is 0.0265. The lowest BCUT2D eigenvalue weighted by molar-refractivity contribution is -0.386. The molecule has 0 unspecified atom stereocenters. The molecule has 0 aliphatic heterocycles. The van der Waals surface area contributed by atoms with Crippen LogP contribution in [-0.2, 0) is 20.2 Å². The first-order valence-corrected chi connectivity index (χ1v) is 6.69. The summed E-state index contributed by atoms with van der Waals surface area (Å²) in [5, 5.41) is 18.5. The van der Waals surface area contributed by atoms with Gasteiger partial charge in [-0.05, 0) is 24.2 Å². The number of nitrogens with one attached hydrogen (secondary N) is 1. The third-order valence-corrected chi connectivity index (χ3v) is 2.94. The van der Waals surface area contributed by atoms with Crippen molar-refractivity contribution >= 4 is 5.69 Å². The van der Waals surface area contributed by atoms with Gasteiger partial charge in [0.25, 0.3) is 0 Å². The Morgan fingerprint density at radius 1 is 1.43 bits per heavy atom. The van der Waals surface area contributed by atoms with E-state index in [2.05, 4.69) is 10.4 Å². The molecule has 0 saturated heterocycles. The molecule has 0 atom stereocenters. The summed E-state index contributed by atoms with van der Waals surface area (Å²) >= 11 is 0. The number of aryl methyl sites for hydroxylation is 1. The van der Waals surface area contributed by atoms with Gasteiger partial charge in [-0.2, -0.15) is 5.10 Å². The van der Waals surface area contributed by atoms with Crippen molar-refractivity contribution in [3.8, 4) is 5.75 Å². The molecule has 0 fully saturated rings. The van der Waals surface area contributed by atoms with Crippen LogP contribution in [0.4, 0.5) is 5.69 Å². The standard InChI is InChI=1S/C14H18N4O3/c1-3-15-9-11-4-5-14(13(8-11)18(19)20)21-10-12-6-7-17(2)16-12/h4-8,15H,3,9-10H2,1-2H3. The first-order chi connectivity index (χ1) is 10.1. The van der Waals surface area contributed by atoms with Gasteiger partial charge in [0.2, 0.25) is 0 Å². The van der Waals surface area contributed by atoms with E-state index in [0.29, 0.717) is 6.54 Å². The summed E-state index contributed by atoms with van der Waals surface area (Å²) in [7, 11) is 1.81. The van der Waals surface area contributed by atoms with Gasteiger partial charge in [-0.1, -0.05) is 13.0 Å². The molecule has 0 spiro atoms. The molecule has 1 aromatic carbocycles. The number of aromatic nitrogens is 2. The van der Waals surface area contributed by atoms with Crippen LogP contribution in [-0.4, -0.2) is 21.2 Å². The largest absolute Gasteiger partial charge is 0.480 e. The van der Waals surface area contributed by atoms with Crippen LogP contribution in [0.15, 0.2) is 30.5 Å². The number of nitro benzene ring substituents is 1. The highest BCUT2D eigenvalue weighted by Gasteiger charge is 2.16. The van der Waals surface area contributed by atoms with Crippen molar-refractivity contribution in [2.24, 2.45) is 7.05 Å². The first-order valence-electron chi connectivity index (χ1n) is 6.69. The average Bonchev–Trinajstić information content (AvgIpc) is 2.88. The number of hydrogen-bond donors (Lipinski definition) is 1. The Bertz CT molecular complexity index is 624. The van der Waals surface area contributed by atoms with Crippen LogP contribution in [0.2, 0.25) is 0 Å². The summed E-state index contributed by atoms with van der Waals surface area (Å²) in [6.45, 7) is 3.59. The highest BCUT2D eigenvalue weighted by Crippen LogP contribution is 2.28. The van der Waals surface area contributed by atoms with Crippen LogP contribution in [0, 0.1) is 10.1 Å². The van der Waals surface area contributed by atoms with Crippen molar-refractivity contribution in [3.05, 3.63) is 51.8 Å². The van der Waals surface area contributed by atoms with Gasteiger partial charge in [-0.3, -0.25) is 14.8 Å². The molecule has 1 N–H and O–H groups in total. The molecule has 112 valence electrons. The van der Waals surface area contributed by atoms with Gasteiger partial charge in [0.05, 0.1) is 10.6 Å². The molecule has 2 aromatic rings. The van der Waals surface area contributed by atoms with Gasteiger partial charge in [0.1, 0.15) is 6.61 Å². The van der Waals surface area contributed by atoms with Gasteiger partial charge in [0, 0.05) is 25.9 Å². The van der Waals surface area contributed by atoms with E-state index in [0.717, 1.165) is 17.8 Å². The number of nitro groups is 1. The van der Waals surface area contributed by atoms with Crippen LogP contribution in [0.3, 0.4) is 0 Å². The molecule has 7 nitrogen and oxygen atoms in total. The normalized spacial score (nSPS) is 10.6. The zero-order valence-corrected chi connectivity index (χ0v) is 12.1. The van der Waals surface area contributed by atoms with Crippen molar-refractivity contribution < 1.29 is 9.66 Å². The maximum atomic E-state index is 11.1. The fraction of sp³-hybridized carbons (Fsp3) is 0.357. The van der Waals surface area contributed by atoms with Crippen LogP contribution in [0.25, 0.3) is 0 Å². The Hall–Kier alpha value is -2.41. The summed E-state index contributed by atoms with van der Waals surface area (Å²) in [6.07, 6.45) is 1.80. The second-order valence-electron chi connectivity index (χ2n) is 4.61. The summed E-state index contributed by atoms with van der Waals surface area (Å²) in [4.78, 5) is 10.7. The Morgan fingerprint density at radius 3 is 2.86 bits per heavy atom. The van der Waals surface area contributed by atoms with E-state index in [1.165, 1.54) is 6.07 Å². The number of benzene rings is 1. The predicted molar refractivity (Wildman–Crippen MR) is 78.0 cm³/mol. The fourth-order valence-electron chi connectivity index (χ4n) is 1.90. The third-order valence-electron chi connectivity index (χ3n) is 2.94. The van der Waals surface area contributed by atoms with Crippen LogP contribution < -0.4 is 10.1 Å². The Morgan fingerprint density at radius 2 is 2.24 bits per heavy atom. The van der Waals surface area contributed by atoms with E-state index >= 15 is 0 Å². The number of rotatable bonds is 7. The van der Waals surface area contributed by atoms with Crippen molar-refractivity contribution in [2.75, 3.05) is 6.54 Å². The number of hydrogen-bond acceptors (Lipinski definition) is 5. The van der Waals surface area contributed by atoms with Crippen LogP contribution in [0.5, 0.6) is 5.75 Å². The fourth-order valence-corrected chi connectivity index (χ4v) is 1.90. The molecule has 0 aliphatic carbocycles. The van der Waals surface area contributed by atoms with Gasteiger partial charge in [-0.15, -0.1) is 0 Å². The molecular weight excluding hydrogens is 272 g/mol. The molecular formula is C14H18N4O3. The predicted octanol–water partition coefficient (Wildman–Crippen LogP) is 2.02. The zero-order chi connectivity index (χ0) is 15.2. The summed E-state index contributed by atoms with van der Waals surface area (Å²) in [6, 6.07) is 6.80. The molecule has 0 amide bonds. The monoisotopic (exact) mass is 290 g/mol. The summed E-state index contributed by atoms with van der Waals surface area (Å²) in [5.41, 5.74) is 1.55. The minimum Gasteiger partial charge on any atom is -0.480 e. The van der Waals surface area contributed by atoms with Gasteiger partial charge in [0.15, 0.2) is 5.75 Å². The molecule has 0 radical (unpaired) electrons. The Balaban J connectivity index is 2.12. The van der Waals surface area contributed by atoms with Crippen LogP contribution in [0.1, 0.15) is 18.2 Å². The van der Waals surface area contributed by atoms with Crippen molar-refractivity contribution in [2.45, 2.75) is 20.1 Å². The molecule has 1 heterocycles. The van der Waals surface area contributed by atoms with Gasteiger partial charge in [-0.25, -0.2) is 0 Å². The lowest BCUT2D eigenvalue weighted by atomic mass is 10.2. The summed E-state index contributed by atoms with van der Waals surface area (Å²) < 4.78 is 7.18. The zero-order valence-electron chi connectivity index (χ0n) is 12.1. The molecule has 2 rings (SSSR count). The van der Waals surface area contributed by atoms with E-state index in [1.54, 1.807) is 16.9 Å². The number of ether oxygens (including phenoxy) is 1.